The molecule has 3 heterocycles. The number of aryl methyl sites for hydroxylation is 1. The van der Waals surface area contributed by atoms with Crippen molar-refractivity contribution in [3.05, 3.63) is 64.8 Å². The predicted octanol–water partition coefficient (Wildman–Crippen LogP) is 3.29. The molecular formula is C21H23ClFN7O. The number of ether oxygens (including phenoxy) is 1. The maximum absolute atomic E-state index is 14.1. The summed E-state index contributed by atoms with van der Waals surface area (Å²) in [4.78, 5) is 10.0. The van der Waals surface area contributed by atoms with Gasteiger partial charge in [-0.05, 0) is 36.9 Å². The van der Waals surface area contributed by atoms with E-state index in [2.05, 4.69) is 31.1 Å². The molecule has 1 aromatic heterocycles. The highest BCUT2D eigenvalue weighted by atomic mass is 35.5. The van der Waals surface area contributed by atoms with Gasteiger partial charge < -0.3 is 20.3 Å². The van der Waals surface area contributed by atoms with Gasteiger partial charge in [-0.2, -0.15) is 10.1 Å². The minimum atomic E-state index is -0.468. The summed E-state index contributed by atoms with van der Waals surface area (Å²) in [5, 5.41) is 11.4. The second-order valence-corrected chi connectivity index (χ2v) is 7.47. The van der Waals surface area contributed by atoms with Crippen molar-refractivity contribution in [1.29, 1.82) is 0 Å². The molecule has 10 heteroatoms. The summed E-state index contributed by atoms with van der Waals surface area (Å²) in [6.07, 6.45) is 8.53. The van der Waals surface area contributed by atoms with Crippen molar-refractivity contribution < 1.29 is 9.13 Å². The molecule has 0 radical (unpaired) electrons. The van der Waals surface area contributed by atoms with Crippen molar-refractivity contribution in [3.63, 3.8) is 0 Å². The highest BCUT2D eigenvalue weighted by Crippen LogP contribution is 2.27. The van der Waals surface area contributed by atoms with E-state index in [1.807, 2.05) is 48.4 Å². The molecule has 0 bridgehead atoms. The molecule has 1 unspecified atom stereocenters. The number of rotatable bonds is 6. The Labute approximate surface area is 184 Å². The van der Waals surface area contributed by atoms with Gasteiger partial charge in [0.25, 0.3) is 0 Å². The maximum atomic E-state index is 14.1. The first-order valence-electron chi connectivity index (χ1n) is 9.91. The van der Waals surface area contributed by atoms with Crippen LogP contribution in [0.15, 0.2) is 53.5 Å². The first-order chi connectivity index (χ1) is 15.1. The number of para-hydroxylation sites is 1. The summed E-state index contributed by atoms with van der Waals surface area (Å²) in [7, 11) is 0. The van der Waals surface area contributed by atoms with Crippen molar-refractivity contribution in [1.82, 2.24) is 15.3 Å². The molecule has 2 aromatic rings. The van der Waals surface area contributed by atoms with Crippen LogP contribution in [0.1, 0.15) is 5.56 Å². The van der Waals surface area contributed by atoms with Gasteiger partial charge in [-0.3, -0.25) is 0 Å². The molecule has 0 saturated carbocycles. The van der Waals surface area contributed by atoms with Crippen molar-refractivity contribution >= 4 is 35.3 Å². The van der Waals surface area contributed by atoms with Crippen molar-refractivity contribution in [2.24, 2.45) is 5.10 Å². The second-order valence-electron chi connectivity index (χ2n) is 7.06. The van der Waals surface area contributed by atoms with Crippen LogP contribution >= 0.6 is 11.6 Å². The molecule has 1 aromatic carbocycles. The van der Waals surface area contributed by atoms with Gasteiger partial charge in [-0.1, -0.05) is 23.7 Å². The topological polar surface area (TPSA) is 86.7 Å². The lowest BCUT2D eigenvalue weighted by molar-refractivity contribution is 0.122. The Balaban J connectivity index is 1.40. The fourth-order valence-electron chi connectivity index (χ4n) is 3.23. The average molecular weight is 444 g/mol. The normalized spacial score (nSPS) is 18.6. The van der Waals surface area contributed by atoms with E-state index in [1.165, 1.54) is 0 Å². The van der Waals surface area contributed by atoms with Crippen molar-refractivity contribution in [3.8, 4) is 0 Å². The fourth-order valence-corrected chi connectivity index (χ4v) is 3.50. The summed E-state index contributed by atoms with van der Waals surface area (Å²) in [5.74, 6) is -0.000222. The summed E-state index contributed by atoms with van der Waals surface area (Å²) < 4.78 is 19.4. The first-order valence-corrected chi connectivity index (χ1v) is 10.3. The Morgan fingerprint density at radius 1 is 1.35 bits per heavy atom. The van der Waals surface area contributed by atoms with Crippen LogP contribution in [-0.2, 0) is 4.74 Å². The van der Waals surface area contributed by atoms with Crippen LogP contribution in [0.3, 0.4) is 0 Å². The third kappa shape index (κ3) is 5.31. The third-order valence-electron chi connectivity index (χ3n) is 4.84. The molecule has 4 rings (SSSR count). The lowest BCUT2D eigenvalue weighted by atomic mass is 10.1. The molecule has 31 heavy (non-hydrogen) atoms. The monoisotopic (exact) mass is 443 g/mol. The first kappa shape index (κ1) is 21.1. The summed E-state index contributed by atoms with van der Waals surface area (Å²) in [5.41, 5.74) is 5.58. The van der Waals surface area contributed by atoms with Crippen LogP contribution in [0, 0.1) is 12.7 Å². The molecule has 0 spiro atoms. The number of anilines is 3. The van der Waals surface area contributed by atoms with Gasteiger partial charge in [0.2, 0.25) is 5.95 Å². The van der Waals surface area contributed by atoms with Crippen molar-refractivity contribution in [2.75, 3.05) is 41.9 Å². The molecule has 1 saturated heterocycles. The van der Waals surface area contributed by atoms with E-state index in [4.69, 9.17) is 16.3 Å². The van der Waals surface area contributed by atoms with E-state index in [-0.39, 0.29) is 17.8 Å². The Bertz CT molecular complexity index is 1000. The lowest BCUT2D eigenvalue weighted by Gasteiger charge is -2.27. The standard InChI is InChI=1S/C21H23ClFN7O/c1-14-3-2-4-17(22)19(14)27-15-5-6-24-16(11-15)12-26-29-21-25-13-18(23)20(28-21)30-7-9-31-10-8-30/h2-6,11-13,16,24,27H,7-10H2,1H3,(H,25,28,29)/b26-12-. The molecule has 3 N–H and O–H groups in total. The number of nitrogens with one attached hydrogen (secondary N) is 3. The Morgan fingerprint density at radius 3 is 3.00 bits per heavy atom. The summed E-state index contributed by atoms with van der Waals surface area (Å²) in [6.45, 7) is 4.25. The molecular weight excluding hydrogens is 421 g/mol. The van der Waals surface area contributed by atoms with Gasteiger partial charge in [0.05, 0.1) is 42.4 Å². The number of halogens is 2. The van der Waals surface area contributed by atoms with Crippen LogP contribution in [0.25, 0.3) is 0 Å². The van der Waals surface area contributed by atoms with Crippen LogP contribution in [0.4, 0.5) is 21.8 Å². The number of morpholine rings is 1. The zero-order chi connectivity index (χ0) is 21.6. The molecule has 2 aliphatic heterocycles. The fraction of sp³-hybridized carbons (Fsp3) is 0.286. The lowest BCUT2D eigenvalue weighted by Crippen LogP contribution is -2.37. The number of aromatic nitrogens is 2. The van der Waals surface area contributed by atoms with Gasteiger partial charge in [0.15, 0.2) is 11.6 Å². The van der Waals surface area contributed by atoms with Crippen LogP contribution in [0.2, 0.25) is 5.02 Å². The van der Waals surface area contributed by atoms with E-state index >= 15 is 0 Å². The number of nitrogens with zero attached hydrogens (tertiary/aromatic N) is 4. The number of hydrazone groups is 1. The number of allylic oxidation sites excluding steroid dienone is 1. The minimum absolute atomic E-state index is 0.165. The van der Waals surface area contributed by atoms with Gasteiger partial charge in [-0.25, -0.2) is 14.8 Å². The van der Waals surface area contributed by atoms with Crippen LogP contribution in [-0.4, -0.2) is 48.5 Å². The number of hydrogen-bond donors (Lipinski definition) is 3. The smallest absolute Gasteiger partial charge is 0.245 e. The van der Waals surface area contributed by atoms with Crippen molar-refractivity contribution in [2.45, 2.75) is 13.0 Å². The van der Waals surface area contributed by atoms with Gasteiger partial charge in [0.1, 0.15) is 0 Å². The third-order valence-corrected chi connectivity index (χ3v) is 5.15. The molecule has 1 atom stereocenters. The maximum Gasteiger partial charge on any atom is 0.245 e. The molecule has 2 aliphatic rings. The minimum Gasteiger partial charge on any atom is -0.380 e. The Kier molecular flexibility index (Phi) is 6.63. The largest absolute Gasteiger partial charge is 0.380 e. The van der Waals surface area contributed by atoms with E-state index < -0.39 is 5.82 Å². The zero-order valence-electron chi connectivity index (χ0n) is 17.0. The number of hydrogen-bond acceptors (Lipinski definition) is 8. The summed E-state index contributed by atoms with van der Waals surface area (Å²) in [6, 6.07) is 5.59. The van der Waals surface area contributed by atoms with Gasteiger partial charge in [-0.15, -0.1) is 0 Å². The SMILES string of the molecule is Cc1cccc(Cl)c1NC1=CC(/C=N\Nc2ncc(F)c(N3CCOCC3)n2)NC=C1. The highest BCUT2D eigenvalue weighted by Gasteiger charge is 2.17. The van der Waals surface area contributed by atoms with Crippen LogP contribution in [0.5, 0.6) is 0 Å². The summed E-state index contributed by atoms with van der Waals surface area (Å²) >= 11 is 6.30. The Hall–Kier alpha value is -3.17. The van der Waals surface area contributed by atoms with E-state index in [1.54, 1.807) is 6.21 Å². The van der Waals surface area contributed by atoms with Crippen LogP contribution < -0.4 is 21.0 Å². The van der Waals surface area contributed by atoms with Gasteiger partial charge in [0, 0.05) is 18.8 Å². The molecule has 0 aliphatic carbocycles. The number of benzene rings is 1. The quantitative estimate of drug-likeness (QED) is 0.466. The number of dihydropyridines is 1. The molecule has 8 nitrogen and oxygen atoms in total. The predicted molar refractivity (Wildman–Crippen MR) is 121 cm³/mol. The zero-order valence-corrected chi connectivity index (χ0v) is 17.7. The average Bonchev–Trinajstić information content (AvgIpc) is 2.78. The highest BCUT2D eigenvalue weighted by molar-refractivity contribution is 6.33. The molecule has 162 valence electrons. The molecule has 1 fully saturated rings. The Morgan fingerprint density at radius 2 is 2.19 bits per heavy atom. The van der Waals surface area contributed by atoms with E-state index in [0.717, 1.165) is 23.1 Å². The second kappa shape index (κ2) is 9.76. The van der Waals surface area contributed by atoms with E-state index in [9.17, 15) is 4.39 Å². The molecule has 0 amide bonds. The van der Waals surface area contributed by atoms with E-state index in [0.29, 0.717) is 31.3 Å². The van der Waals surface area contributed by atoms with Gasteiger partial charge >= 0.3 is 0 Å².